The number of phosphoric acid groups is 2. The monoisotopic (exact) mass is 1510 g/mol. The molecule has 0 radical (unpaired) electrons. The van der Waals surface area contributed by atoms with Gasteiger partial charge in [0.1, 0.15) is 19.3 Å². The van der Waals surface area contributed by atoms with Gasteiger partial charge in [-0.25, -0.2) is 9.13 Å². The summed E-state index contributed by atoms with van der Waals surface area (Å²) in [6, 6.07) is 0. The summed E-state index contributed by atoms with van der Waals surface area (Å²) >= 11 is 0. The minimum Gasteiger partial charge on any atom is -0.462 e. The third kappa shape index (κ3) is 76.7. The SMILES string of the molecule is CCCCC/C=C\C/C=C\C/C=C\C/C=C\CCCC(=O)O[C@H](COC(=O)CCCCCCCCCCCCCCCCCCC)COP(=O)(O)OC[C@H](O)COP(=O)(O)OC[C@@H](COC(=O)CCCCCCC/C=C\CCCCCCCC)OC(=O)CCCCCCC/C=C\CCCCCCCC. The number of rotatable bonds is 80. The van der Waals surface area contributed by atoms with E-state index in [2.05, 4.69) is 88.5 Å². The summed E-state index contributed by atoms with van der Waals surface area (Å²) in [5, 5.41) is 10.7. The fraction of sp³-hybridized carbons (Fsp3) is 0.812. The van der Waals surface area contributed by atoms with Gasteiger partial charge in [-0.2, -0.15) is 0 Å². The second-order valence-corrected chi connectivity index (χ2v) is 31.3. The van der Waals surface area contributed by atoms with Crippen molar-refractivity contribution in [2.45, 2.75) is 406 Å². The van der Waals surface area contributed by atoms with Crippen molar-refractivity contribution in [3.8, 4) is 0 Å². The molecule has 2 unspecified atom stereocenters. The number of aliphatic hydroxyl groups excluding tert-OH is 1. The molecule has 0 aromatic heterocycles. The molecule has 0 rings (SSSR count). The van der Waals surface area contributed by atoms with Gasteiger partial charge in [-0.3, -0.25) is 37.3 Å². The maximum Gasteiger partial charge on any atom is 0.472 e. The highest BCUT2D eigenvalue weighted by Crippen LogP contribution is 2.45. The summed E-state index contributed by atoms with van der Waals surface area (Å²) in [6.07, 6.45) is 80.2. The van der Waals surface area contributed by atoms with Crippen molar-refractivity contribution in [3.63, 3.8) is 0 Å². The summed E-state index contributed by atoms with van der Waals surface area (Å²) in [5.41, 5.74) is 0. The Morgan fingerprint density at radius 3 is 0.788 bits per heavy atom. The molecule has 0 amide bonds. The molecular formula is C85H154O17P2. The van der Waals surface area contributed by atoms with Crippen LogP contribution in [0.3, 0.4) is 0 Å². The van der Waals surface area contributed by atoms with E-state index in [0.717, 1.165) is 122 Å². The number of ether oxygens (including phenoxy) is 4. The lowest BCUT2D eigenvalue weighted by atomic mass is 10.0. The molecule has 0 aliphatic rings. The summed E-state index contributed by atoms with van der Waals surface area (Å²) in [6.45, 7) is 4.84. The highest BCUT2D eigenvalue weighted by atomic mass is 31.2. The summed E-state index contributed by atoms with van der Waals surface area (Å²) in [4.78, 5) is 73.1. The Bertz CT molecular complexity index is 2250. The van der Waals surface area contributed by atoms with Gasteiger partial charge in [0.15, 0.2) is 12.2 Å². The fourth-order valence-corrected chi connectivity index (χ4v) is 13.3. The molecule has 0 aliphatic heterocycles. The van der Waals surface area contributed by atoms with Crippen molar-refractivity contribution in [1.29, 1.82) is 0 Å². The zero-order chi connectivity index (χ0) is 76.0. The van der Waals surface area contributed by atoms with E-state index in [-0.39, 0.29) is 25.7 Å². The molecule has 0 saturated heterocycles. The van der Waals surface area contributed by atoms with Crippen LogP contribution in [-0.2, 0) is 65.4 Å². The van der Waals surface area contributed by atoms with Gasteiger partial charge in [-0.05, 0) is 116 Å². The van der Waals surface area contributed by atoms with Gasteiger partial charge in [0.25, 0.3) is 0 Å². The molecule has 3 N–H and O–H groups in total. The molecule has 104 heavy (non-hydrogen) atoms. The van der Waals surface area contributed by atoms with Crippen LogP contribution in [0, 0.1) is 0 Å². The molecule has 0 aromatic carbocycles. The molecule has 0 aromatic rings. The van der Waals surface area contributed by atoms with E-state index in [0.29, 0.717) is 32.1 Å². The highest BCUT2D eigenvalue weighted by Gasteiger charge is 2.30. The van der Waals surface area contributed by atoms with Gasteiger partial charge in [-0.15, -0.1) is 0 Å². The molecule has 0 spiro atoms. The van der Waals surface area contributed by atoms with E-state index in [1.54, 1.807) is 0 Å². The first-order valence-electron chi connectivity index (χ1n) is 42.2. The third-order valence-corrected chi connectivity index (χ3v) is 20.0. The van der Waals surface area contributed by atoms with E-state index < -0.39 is 97.5 Å². The standard InChI is InChI=1S/C85H154O17P2/c1-5-9-13-17-21-25-29-33-37-39-43-46-50-54-58-62-66-70-83(88)96-76-81(102-85(90)72-68-64-60-56-52-48-44-40-38-34-30-26-22-18-14-10-6-2)78-100-104(93,94)98-74-79(86)73-97-103(91,92)99-77-80(101-84(89)71-67-63-59-55-51-47-42-36-32-28-24-20-16-12-8-4)75-95-82(87)69-65-61-57-53-49-45-41-35-31-27-23-19-15-11-7-3/h22,26,34-36,38,41-42,44,48,56,60,79-81,86H,5-21,23-25,27-33,37,39-40,43,45-47,49-55,57-59,61-78H2,1-4H3,(H,91,92)(H,93,94)/b26-22-,38-34-,41-35-,42-36-,48-44-,60-56-/t79-,80-,81-/m1/s1. The van der Waals surface area contributed by atoms with Crippen molar-refractivity contribution in [2.75, 3.05) is 39.6 Å². The first kappa shape index (κ1) is 100. The number of hydrogen-bond acceptors (Lipinski definition) is 15. The Kier molecular flexibility index (Phi) is 75.0. The minimum atomic E-state index is -4.99. The largest absolute Gasteiger partial charge is 0.472 e. The maximum atomic E-state index is 13.1. The molecule has 0 aliphatic carbocycles. The molecule has 0 bridgehead atoms. The predicted octanol–water partition coefficient (Wildman–Crippen LogP) is 24.8. The van der Waals surface area contributed by atoms with Gasteiger partial charge in [0, 0.05) is 25.7 Å². The Labute approximate surface area is 634 Å². The second-order valence-electron chi connectivity index (χ2n) is 28.4. The van der Waals surface area contributed by atoms with Crippen molar-refractivity contribution in [1.82, 2.24) is 0 Å². The normalized spacial score (nSPS) is 14.2. The average Bonchev–Trinajstić information content (AvgIpc) is 1.04. The minimum absolute atomic E-state index is 0.0231. The Hall–Kier alpha value is -3.50. The molecule has 0 saturated carbocycles. The number of carbonyl (C=O) groups is 4. The van der Waals surface area contributed by atoms with E-state index in [1.807, 2.05) is 12.2 Å². The van der Waals surface area contributed by atoms with Crippen LogP contribution in [0.2, 0.25) is 0 Å². The first-order valence-corrected chi connectivity index (χ1v) is 45.2. The molecule has 5 atom stereocenters. The third-order valence-electron chi connectivity index (χ3n) is 18.1. The van der Waals surface area contributed by atoms with Crippen LogP contribution in [0.4, 0.5) is 0 Å². The quantitative estimate of drug-likeness (QED) is 0.0169. The van der Waals surface area contributed by atoms with E-state index in [9.17, 15) is 43.2 Å². The zero-order valence-corrected chi connectivity index (χ0v) is 68.2. The van der Waals surface area contributed by atoms with Crippen molar-refractivity contribution >= 4 is 39.5 Å². The Balaban J connectivity index is 5.39. The van der Waals surface area contributed by atoms with Crippen LogP contribution >= 0.6 is 15.6 Å². The second kappa shape index (κ2) is 77.7. The number of hydrogen-bond donors (Lipinski definition) is 3. The van der Waals surface area contributed by atoms with Gasteiger partial charge >= 0.3 is 39.5 Å². The Morgan fingerprint density at radius 1 is 0.269 bits per heavy atom. The van der Waals surface area contributed by atoms with Gasteiger partial charge < -0.3 is 33.8 Å². The number of allylic oxidation sites excluding steroid dienone is 12. The molecular weight excluding hydrogens is 1350 g/mol. The zero-order valence-electron chi connectivity index (χ0n) is 66.5. The number of carbonyl (C=O) groups excluding carboxylic acids is 4. The predicted molar refractivity (Wildman–Crippen MR) is 427 cm³/mol. The summed E-state index contributed by atoms with van der Waals surface area (Å²) in [5.74, 6) is -2.23. The number of phosphoric ester groups is 2. The lowest BCUT2D eigenvalue weighted by Gasteiger charge is -2.21. The van der Waals surface area contributed by atoms with E-state index >= 15 is 0 Å². The van der Waals surface area contributed by atoms with E-state index in [1.165, 1.54) is 180 Å². The number of esters is 4. The molecule has 0 fully saturated rings. The van der Waals surface area contributed by atoms with Crippen LogP contribution in [0.25, 0.3) is 0 Å². The molecule has 606 valence electrons. The molecule has 19 heteroatoms. The molecule has 17 nitrogen and oxygen atoms in total. The van der Waals surface area contributed by atoms with Gasteiger partial charge in [0.2, 0.25) is 0 Å². The maximum absolute atomic E-state index is 13.1. The smallest absolute Gasteiger partial charge is 0.462 e. The fourth-order valence-electron chi connectivity index (χ4n) is 11.7. The lowest BCUT2D eigenvalue weighted by molar-refractivity contribution is -0.161. The van der Waals surface area contributed by atoms with E-state index in [4.69, 9.17) is 37.0 Å². The highest BCUT2D eigenvalue weighted by molar-refractivity contribution is 7.47. The van der Waals surface area contributed by atoms with Crippen molar-refractivity contribution < 1.29 is 80.2 Å². The average molecular weight is 1510 g/mol. The summed E-state index contributed by atoms with van der Waals surface area (Å²) < 4.78 is 68.7. The molecule has 0 heterocycles. The Morgan fingerprint density at radius 2 is 0.481 bits per heavy atom. The lowest BCUT2D eigenvalue weighted by Crippen LogP contribution is -2.30. The van der Waals surface area contributed by atoms with Crippen LogP contribution < -0.4 is 0 Å². The topological polar surface area (TPSA) is 237 Å². The van der Waals surface area contributed by atoms with Gasteiger partial charge in [0.05, 0.1) is 26.4 Å². The summed E-state index contributed by atoms with van der Waals surface area (Å²) in [7, 11) is -9.97. The van der Waals surface area contributed by atoms with Crippen molar-refractivity contribution in [3.05, 3.63) is 72.9 Å². The van der Waals surface area contributed by atoms with Crippen LogP contribution in [-0.4, -0.2) is 96.7 Å². The van der Waals surface area contributed by atoms with Crippen LogP contribution in [0.5, 0.6) is 0 Å². The van der Waals surface area contributed by atoms with Gasteiger partial charge in [-0.1, -0.05) is 319 Å². The number of unbranched alkanes of at least 4 members (excludes halogenated alkanes) is 42. The number of aliphatic hydroxyl groups is 1. The van der Waals surface area contributed by atoms with Crippen LogP contribution in [0.15, 0.2) is 72.9 Å². The van der Waals surface area contributed by atoms with Crippen molar-refractivity contribution in [2.24, 2.45) is 0 Å². The first-order chi connectivity index (χ1) is 50.7. The van der Waals surface area contributed by atoms with Crippen LogP contribution in [0.1, 0.15) is 387 Å².